The first-order valence-electron chi connectivity index (χ1n) is 5.83. The lowest BCUT2D eigenvalue weighted by molar-refractivity contribution is 0.379. The zero-order valence-electron chi connectivity index (χ0n) is 11.1. The molecule has 0 aliphatic carbocycles. The summed E-state index contributed by atoms with van der Waals surface area (Å²) in [5.74, 6) is 1.67. The Kier molecular flexibility index (Phi) is 5.06. The van der Waals surface area contributed by atoms with Crippen molar-refractivity contribution in [3.05, 3.63) is 43.7 Å². The second kappa shape index (κ2) is 6.58. The van der Waals surface area contributed by atoms with Gasteiger partial charge < -0.3 is 14.8 Å². The molecular formula is C14H16INO2S. The Labute approximate surface area is 131 Å². The maximum Gasteiger partial charge on any atom is 0.127 e. The van der Waals surface area contributed by atoms with E-state index in [9.17, 15) is 0 Å². The summed E-state index contributed by atoms with van der Waals surface area (Å²) < 4.78 is 12.2. The molecule has 2 aromatic rings. The number of ether oxygens (including phenoxy) is 2. The third-order valence-corrected chi connectivity index (χ3v) is 4.77. The van der Waals surface area contributed by atoms with E-state index in [1.165, 1.54) is 8.45 Å². The van der Waals surface area contributed by atoms with Crippen molar-refractivity contribution in [2.24, 2.45) is 0 Å². The number of benzene rings is 1. The summed E-state index contributed by atoms with van der Waals surface area (Å²) in [7, 11) is 5.31. The Hall–Kier alpha value is -0.790. The second-order valence-electron chi connectivity index (χ2n) is 3.98. The topological polar surface area (TPSA) is 30.5 Å². The van der Waals surface area contributed by atoms with Crippen LogP contribution in [0.5, 0.6) is 11.5 Å². The molecule has 1 aromatic heterocycles. The molecular weight excluding hydrogens is 373 g/mol. The van der Waals surface area contributed by atoms with Crippen LogP contribution in [0.3, 0.4) is 0 Å². The smallest absolute Gasteiger partial charge is 0.127 e. The lowest BCUT2D eigenvalue weighted by atomic mass is 9.99. The van der Waals surface area contributed by atoms with Crippen molar-refractivity contribution in [3.63, 3.8) is 0 Å². The molecule has 0 spiro atoms. The minimum Gasteiger partial charge on any atom is -0.496 e. The van der Waals surface area contributed by atoms with Crippen LogP contribution in [0.15, 0.2) is 29.6 Å². The van der Waals surface area contributed by atoms with Crippen LogP contribution in [0.25, 0.3) is 0 Å². The van der Waals surface area contributed by atoms with Gasteiger partial charge in [0.05, 0.1) is 28.7 Å². The van der Waals surface area contributed by atoms with E-state index < -0.39 is 0 Å². The summed E-state index contributed by atoms with van der Waals surface area (Å²) >= 11 is 4.07. The Bertz CT molecular complexity index is 534. The first-order valence-corrected chi connectivity index (χ1v) is 7.79. The van der Waals surface area contributed by atoms with Gasteiger partial charge in [-0.25, -0.2) is 0 Å². The first-order chi connectivity index (χ1) is 9.21. The fourth-order valence-electron chi connectivity index (χ4n) is 2.12. The van der Waals surface area contributed by atoms with E-state index in [0.29, 0.717) is 0 Å². The van der Waals surface area contributed by atoms with Gasteiger partial charge in [0.2, 0.25) is 0 Å². The van der Waals surface area contributed by atoms with E-state index in [4.69, 9.17) is 9.47 Å². The number of thiophene rings is 1. The molecule has 1 N–H and O–H groups in total. The van der Waals surface area contributed by atoms with E-state index in [0.717, 1.165) is 17.1 Å². The molecule has 0 amide bonds. The van der Waals surface area contributed by atoms with Crippen LogP contribution in [-0.4, -0.2) is 21.3 Å². The van der Waals surface area contributed by atoms with Crippen LogP contribution < -0.4 is 14.8 Å². The Balaban J connectivity index is 2.53. The Morgan fingerprint density at radius 3 is 2.26 bits per heavy atom. The van der Waals surface area contributed by atoms with Gasteiger partial charge in [-0.3, -0.25) is 0 Å². The number of hydrogen-bond donors (Lipinski definition) is 1. The van der Waals surface area contributed by atoms with Crippen LogP contribution in [0.1, 0.15) is 17.2 Å². The summed E-state index contributed by atoms with van der Waals surface area (Å²) in [6, 6.07) is 8.09. The van der Waals surface area contributed by atoms with Crippen molar-refractivity contribution >= 4 is 33.9 Å². The monoisotopic (exact) mass is 389 g/mol. The Morgan fingerprint density at radius 1 is 1.21 bits per heavy atom. The summed E-state index contributed by atoms with van der Waals surface area (Å²) in [6.07, 6.45) is 0. The van der Waals surface area contributed by atoms with Crippen molar-refractivity contribution in [1.82, 2.24) is 5.32 Å². The molecule has 0 fully saturated rings. The van der Waals surface area contributed by atoms with Crippen LogP contribution in [0, 0.1) is 2.88 Å². The SMILES string of the molecule is CNC(c1csc(I)c1)c1c(OC)cccc1OC. The van der Waals surface area contributed by atoms with Gasteiger partial charge >= 0.3 is 0 Å². The first kappa shape index (κ1) is 14.6. The fourth-order valence-corrected chi connectivity index (χ4v) is 3.51. The molecule has 0 aliphatic heterocycles. The zero-order chi connectivity index (χ0) is 13.8. The third kappa shape index (κ3) is 3.04. The van der Waals surface area contributed by atoms with Gasteiger partial charge in [0.25, 0.3) is 0 Å². The molecule has 19 heavy (non-hydrogen) atoms. The van der Waals surface area contributed by atoms with Crippen LogP contribution in [0.2, 0.25) is 0 Å². The Morgan fingerprint density at radius 2 is 1.84 bits per heavy atom. The van der Waals surface area contributed by atoms with E-state index in [2.05, 4.69) is 39.4 Å². The summed E-state index contributed by atoms with van der Waals surface area (Å²) in [5.41, 5.74) is 2.25. The highest BCUT2D eigenvalue weighted by atomic mass is 127. The van der Waals surface area contributed by atoms with Crippen LogP contribution in [-0.2, 0) is 0 Å². The fraction of sp³-hybridized carbons (Fsp3) is 0.286. The van der Waals surface area contributed by atoms with Gasteiger partial charge in [0, 0.05) is 0 Å². The molecule has 3 nitrogen and oxygen atoms in total. The molecule has 0 saturated heterocycles. The predicted octanol–water partition coefficient (Wildman–Crippen LogP) is 3.68. The quantitative estimate of drug-likeness (QED) is 0.792. The van der Waals surface area contributed by atoms with Gasteiger partial charge in [-0.15, -0.1) is 11.3 Å². The molecule has 1 aromatic carbocycles. The summed E-state index contributed by atoms with van der Waals surface area (Å²) in [5, 5.41) is 5.50. The number of nitrogens with one attached hydrogen (secondary N) is 1. The molecule has 102 valence electrons. The minimum absolute atomic E-state index is 0.0610. The number of hydrogen-bond acceptors (Lipinski definition) is 4. The maximum absolute atomic E-state index is 5.48. The van der Waals surface area contributed by atoms with Gasteiger partial charge in [0.15, 0.2) is 0 Å². The molecule has 0 bridgehead atoms. The highest BCUT2D eigenvalue weighted by molar-refractivity contribution is 14.1. The normalized spacial score (nSPS) is 12.2. The molecule has 1 atom stereocenters. The van der Waals surface area contributed by atoms with Gasteiger partial charge in [-0.2, -0.15) is 0 Å². The van der Waals surface area contributed by atoms with Crippen LogP contribution in [0.4, 0.5) is 0 Å². The number of methoxy groups -OCH3 is 2. The number of rotatable bonds is 5. The largest absolute Gasteiger partial charge is 0.496 e. The lowest BCUT2D eigenvalue weighted by Gasteiger charge is -2.21. The molecule has 1 unspecified atom stereocenters. The average Bonchev–Trinajstić information content (AvgIpc) is 2.86. The van der Waals surface area contributed by atoms with Gasteiger partial charge in [0.1, 0.15) is 11.5 Å². The molecule has 2 rings (SSSR count). The third-order valence-electron chi connectivity index (χ3n) is 2.96. The summed E-state index contributed by atoms with van der Waals surface area (Å²) in [4.78, 5) is 0. The average molecular weight is 389 g/mol. The van der Waals surface area contributed by atoms with Crippen molar-refractivity contribution in [2.75, 3.05) is 21.3 Å². The van der Waals surface area contributed by atoms with Crippen molar-refractivity contribution < 1.29 is 9.47 Å². The van der Waals surface area contributed by atoms with Crippen molar-refractivity contribution in [3.8, 4) is 11.5 Å². The maximum atomic E-state index is 5.48. The molecule has 1 heterocycles. The van der Waals surface area contributed by atoms with E-state index in [1.54, 1.807) is 25.6 Å². The molecule has 0 radical (unpaired) electrons. The zero-order valence-corrected chi connectivity index (χ0v) is 14.0. The lowest BCUT2D eigenvalue weighted by Crippen LogP contribution is -2.18. The molecule has 0 saturated carbocycles. The van der Waals surface area contributed by atoms with Gasteiger partial charge in [-0.1, -0.05) is 6.07 Å². The highest BCUT2D eigenvalue weighted by Gasteiger charge is 2.22. The van der Waals surface area contributed by atoms with Gasteiger partial charge in [-0.05, 0) is 58.8 Å². The van der Waals surface area contributed by atoms with E-state index >= 15 is 0 Å². The standard InChI is InChI=1S/C14H16INO2S/c1-16-14(9-7-12(15)19-8-9)13-10(17-2)5-4-6-11(13)18-3/h4-8,14,16H,1-3H3. The highest BCUT2D eigenvalue weighted by Crippen LogP contribution is 2.38. The van der Waals surface area contributed by atoms with E-state index in [-0.39, 0.29) is 6.04 Å². The molecule has 0 aliphatic rings. The van der Waals surface area contributed by atoms with Crippen molar-refractivity contribution in [1.29, 1.82) is 0 Å². The van der Waals surface area contributed by atoms with Crippen molar-refractivity contribution in [2.45, 2.75) is 6.04 Å². The molecule has 5 heteroatoms. The van der Waals surface area contributed by atoms with E-state index in [1.807, 2.05) is 25.2 Å². The second-order valence-corrected chi connectivity index (χ2v) is 6.79. The summed E-state index contributed by atoms with van der Waals surface area (Å²) in [6.45, 7) is 0. The number of halogens is 1. The van der Waals surface area contributed by atoms with Crippen LogP contribution >= 0.6 is 33.9 Å². The predicted molar refractivity (Wildman–Crippen MR) is 87.5 cm³/mol. The minimum atomic E-state index is 0.0610.